The van der Waals surface area contributed by atoms with Crippen LogP contribution in [0.15, 0.2) is 48.5 Å². The van der Waals surface area contributed by atoms with E-state index in [9.17, 15) is 9.59 Å². The molecule has 2 heterocycles. The van der Waals surface area contributed by atoms with Gasteiger partial charge in [-0.1, -0.05) is 31.2 Å². The number of fused-ring (bicyclic) bond motifs is 1. The standard InChI is InChI=1S/C22H23N5O2/c1-3-14-5-4-6-17(11-14)24-22(29)23-16-9-7-15(8-10-16)18-12-19(28)25-21-20(18)13(2)26-27-21/h4-11,18H,3,12H2,1-2H3,(H2,23,24,29)(H2,25,26,27,28). The fraction of sp³-hybridized carbons (Fsp3) is 0.227. The van der Waals surface area contributed by atoms with Crippen molar-refractivity contribution in [2.45, 2.75) is 32.6 Å². The number of amides is 3. The lowest BCUT2D eigenvalue weighted by molar-refractivity contribution is -0.116. The third kappa shape index (κ3) is 3.99. The topological polar surface area (TPSA) is 98.9 Å². The number of anilines is 3. The van der Waals surface area contributed by atoms with E-state index >= 15 is 0 Å². The second-order valence-electron chi connectivity index (χ2n) is 7.17. The second kappa shape index (κ2) is 7.79. The number of hydrogen-bond donors (Lipinski definition) is 4. The molecule has 1 unspecified atom stereocenters. The summed E-state index contributed by atoms with van der Waals surface area (Å²) in [4.78, 5) is 24.3. The first-order valence-corrected chi connectivity index (χ1v) is 9.65. The molecule has 3 amide bonds. The lowest BCUT2D eigenvalue weighted by atomic mass is 9.86. The van der Waals surface area contributed by atoms with Crippen molar-refractivity contribution >= 4 is 29.1 Å². The molecule has 0 radical (unpaired) electrons. The zero-order valence-corrected chi connectivity index (χ0v) is 16.4. The maximum absolute atomic E-state index is 12.3. The predicted molar refractivity (Wildman–Crippen MR) is 113 cm³/mol. The van der Waals surface area contributed by atoms with Gasteiger partial charge in [0.2, 0.25) is 5.91 Å². The predicted octanol–water partition coefficient (Wildman–Crippen LogP) is 4.40. The van der Waals surface area contributed by atoms with Crippen molar-refractivity contribution in [3.8, 4) is 0 Å². The molecule has 1 aliphatic heterocycles. The number of nitrogens with one attached hydrogen (secondary N) is 4. The summed E-state index contributed by atoms with van der Waals surface area (Å²) in [6.45, 7) is 4.02. The Bertz CT molecular complexity index is 1060. The molecule has 7 heteroatoms. The van der Waals surface area contributed by atoms with E-state index in [2.05, 4.69) is 33.1 Å². The van der Waals surface area contributed by atoms with Gasteiger partial charge in [0, 0.05) is 35.0 Å². The summed E-state index contributed by atoms with van der Waals surface area (Å²) in [6.07, 6.45) is 1.28. The van der Waals surface area contributed by atoms with E-state index in [1.807, 2.05) is 55.5 Å². The van der Waals surface area contributed by atoms with Crippen molar-refractivity contribution in [1.29, 1.82) is 0 Å². The van der Waals surface area contributed by atoms with E-state index in [0.717, 1.165) is 34.5 Å². The van der Waals surface area contributed by atoms with E-state index in [4.69, 9.17) is 0 Å². The van der Waals surface area contributed by atoms with Gasteiger partial charge in [-0.2, -0.15) is 5.10 Å². The molecule has 0 saturated carbocycles. The molecule has 0 fully saturated rings. The third-order valence-electron chi connectivity index (χ3n) is 5.15. The second-order valence-corrected chi connectivity index (χ2v) is 7.17. The van der Waals surface area contributed by atoms with Gasteiger partial charge in [-0.25, -0.2) is 4.79 Å². The van der Waals surface area contributed by atoms with Crippen LogP contribution in [-0.4, -0.2) is 22.1 Å². The minimum absolute atomic E-state index is 0.0510. The Morgan fingerprint density at radius 3 is 2.66 bits per heavy atom. The molecule has 0 bridgehead atoms. The highest BCUT2D eigenvalue weighted by atomic mass is 16.2. The van der Waals surface area contributed by atoms with Crippen LogP contribution in [0.1, 0.15) is 41.6 Å². The molecule has 2 aromatic carbocycles. The summed E-state index contributed by atoms with van der Waals surface area (Å²) in [5.41, 5.74) is 5.57. The summed E-state index contributed by atoms with van der Waals surface area (Å²) in [6, 6.07) is 15.0. The van der Waals surface area contributed by atoms with Crippen LogP contribution in [0.4, 0.5) is 22.0 Å². The number of nitrogens with zero attached hydrogens (tertiary/aromatic N) is 1. The van der Waals surface area contributed by atoms with Crippen LogP contribution in [0.2, 0.25) is 0 Å². The van der Waals surface area contributed by atoms with Crippen LogP contribution in [0.25, 0.3) is 0 Å². The quantitative estimate of drug-likeness (QED) is 0.532. The van der Waals surface area contributed by atoms with Gasteiger partial charge in [0.15, 0.2) is 5.82 Å². The first-order chi connectivity index (χ1) is 14.0. The molecule has 1 aliphatic rings. The van der Waals surface area contributed by atoms with Gasteiger partial charge in [0.25, 0.3) is 0 Å². The van der Waals surface area contributed by atoms with Gasteiger partial charge in [0.1, 0.15) is 0 Å². The van der Waals surface area contributed by atoms with Gasteiger partial charge >= 0.3 is 6.03 Å². The van der Waals surface area contributed by atoms with Crippen LogP contribution in [-0.2, 0) is 11.2 Å². The van der Waals surface area contributed by atoms with Crippen molar-refractivity contribution < 1.29 is 9.59 Å². The molecule has 4 N–H and O–H groups in total. The average Bonchev–Trinajstić information content (AvgIpc) is 3.08. The largest absolute Gasteiger partial charge is 0.323 e. The highest BCUT2D eigenvalue weighted by molar-refractivity contribution is 5.99. The van der Waals surface area contributed by atoms with Crippen molar-refractivity contribution in [1.82, 2.24) is 10.2 Å². The molecular weight excluding hydrogens is 366 g/mol. The smallest absolute Gasteiger partial charge is 0.309 e. The Hall–Kier alpha value is -3.61. The minimum atomic E-state index is -0.295. The van der Waals surface area contributed by atoms with Crippen molar-refractivity contribution in [2.24, 2.45) is 0 Å². The third-order valence-corrected chi connectivity index (χ3v) is 5.15. The van der Waals surface area contributed by atoms with E-state index in [0.29, 0.717) is 17.9 Å². The molecule has 7 nitrogen and oxygen atoms in total. The maximum atomic E-state index is 12.3. The molecule has 3 aromatic rings. The monoisotopic (exact) mass is 389 g/mol. The van der Waals surface area contributed by atoms with Gasteiger partial charge < -0.3 is 16.0 Å². The van der Waals surface area contributed by atoms with E-state index < -0.39 is 0 Å². The van der Waals surface area contributed by atoms with Crippen LogP contribution in [0, 0.1) is 6.92 Å². The first-order valence-electron chi connectivity index (χ1n) is 9.65. The molecule has 1 atom stereocenters. The molecule has 1 aromatic heterocycles. The number of urea groups is 1. The van der Waals surface area contributed by atoms with E-state index in [1.165, 1.54) is 0 Å². The van der Waals surface area contributed by atoms with Crippen molar-refractivity contribution in [2.75, 3.05) is 16.0 Å². The van der Waals surface area contributed by atoms with Gasteiger partial charge in [-0.05, 0) is 48.7 Å². The molecule has 0 aliphatic carbocycles. The number of rotatable bonds is 4. The van der Waals surface area contributed by atoms with Crippen molar-refractivity contribution in [3.63, 3.8) is 0 Å². The Morgan fingerprint density at radius 2 is 1.90 bits per heavy atom. The number of aromatic nitrogens is 2. The molecule has 0 saturated heterocycles. The average molecular weight is 389 g/mol. The Kier molecular flexibility index (Phi) is 5.03. The van der Waals surface area contributed by atoms with Gasteiger partial charge in [0.05, 0.1) is 0 Å². The zero-order valence-electron chi connectivity index (χ0n) is 16.4. The van der Waals surface area contributed by atoms with Gasteiger partial charge in [-0.15, -0.1) is 0 Å². The number of aryl methyl sites for hydroxylation is 2. The number of benzene rings is 2. The molecule has 148 valence electrons. The Labute approximate surface area is 168 Å². The minimum Gasteiger partial charge on any atom is -0.309 e. The first kappa shape index (κ1) is 18.7. The van der Waals surface area contributed by atoms with Crippen molar-refractivity contribution in [3.05, 3.63) is 70.9 Å². The Morgan fingerprint density at radius 1 is 1.14 bits per heavy atom. The SMILES string of the molecule is CCc1cccc(NC(=O)Nc2ccc(C3CC(=O)Nc4n[nH]c(C)c43)cc2)c1. The molecular formula is C22H23N5O2. The highest BCUT2D eigenvalue weighted by Crippen LogP contribution is 2.38. The fourth-order valence-electron chi connectivity index (χ4n) is 3.68. The summed E-state index contributed by atoms with van der Waals surface area (Å²) >= 11 is 0. The Balaban J connectivity index is 1.46. The molecule has 0 spiro atoms. The van der Waals surface area contributed by atoms with Crippen LogP contribution >= 0.6 is 0 Å². The van der Waals surface area contributed by atoms with E-state index in [-0.39, 0.29) is 17.9 Å². The van der Waals surface area contributed by atoms with Crippen LogP contribution < -0.4 is 16.0 Å². The summed E-state index contributed by atoms with van der Waals surface area (Å²) in [7, 11) is 0. The maximum Gasteiger partial charge on any atom is 0.323 e. The number of H-pyrrole nitrogens is 1. The summed E-state index contributed by atoms with van der Waals surface area (Å²) < 4.78 is 0. The number of hydrogen-bond acceptors (Lipinski definition) is 3. The lowest BCUT2D eigenvalue weighted by Gasteiger charge is -2.23. The number of aromatic amines is 1. The molecule has 29 heavy (non-hydrogen) atoms. The lowest BCUT2D eigenvalue weighted by Crippen LogP contribution is -2.23. The normalized spacial score (nSPS) is 15.4. The number of carbonyl (C=O) groups excluding carboxylic acids is 2. The zero-order chi connectivity index (χ0) is 20.4. The van der Waals surface area contributed by atoms with E-state index in [1.54, 1.807) is 0 Å². The van der Waals surface area contributed by atoms with Crippen LogP contribution in [0.3, 0.4) is 0 Å². The summed E-state index contributed by atoms with van der Waals surface area (Å²) in [5.74, 6) is 0.488. The van der Waals surface area contributed by atoms with Crippen LogP contribution in [0.5, 0.6) is 0 Å². The molecule has 4 rings (SSSR count). The summed E-state index contributed by atoms with van der Waals surface area (Å²) in [5, 5.41) is 15.6. The fourth-order valence-corrected chi connectivity index (χ4v) is 3.68. The van der Waals surface area contributed by atoms with Gasteiger partial charge in [-0.3, -0.25) is 9.89 Å². The highest BCUT2D eigenvalue weighted by Gasteiger charge is 2.30. The number of carbonyl (C=O) groups is 2.